The molecule has 1 nitrogen and oxygen atoms in total. The first-order chi connectivity index (χ1) is 5.72. The summed E-state index contributed by atoms with van der Waals surface area (Å²) in [6, 6.07) is 7.01. The summed E-state index contributed by atoms with van der Waals surface area (Å²) in [4.78, 5) is 0. The van der Waals surface area contributed by atoms with Gasteiger partial charge in [-0.1, -0.05) is 23.2 Å². The summed E-state index contributed by atoms with van der Waals surface area (Å²) >= 11 is 11.5. The van der Waals surface area contributed by atoms with Gasteiger partial charge in [0, 0.05) is 16.1 Å². The maximum Gasteiger partial charge on any atom is 0.0912 e. The van der Waals surface area contributed by atoms with Gasteiger partial charge in [-0.05, 0) is 29.8 Å². The molecule has 1 rings (SSSR count). The maximum atomic E-state index is 8.26. The van der Waals surface area contributed by atoms with Crippen molar-refractivity contribution < 1.29 is 0 Å². The van der Waals surface area contributed by atoms with Crippen LogP contribution in [0.5, 0.6) is 0 Å². The average molecular weight is 198 g/mol. The largest absolute Gasteiger partial charge is 0.193 e. The van der Waals surface area contributed by atoms with Crippen LogP contribution < -0.4 is 0 Å². The van der Waals surface area contributed by atoms with Crippen LogP contribution in [-0.2, 0) is 0 Å². The van der Waals surface area contributed by atoms with Gasteiger partial charge in [0.1, 0.15) is 0 Å². The molecule has 0 aliphatic carbocycles. The fraction of sp³-hybridized carbons (Fsp3) is 0. The zero-order valence-electron chi connectivity index (χ0n) is 6.09. The summed E-state index contributed by atoms with van der Waals surface area (Å²) in [5.74, 6) is 0. The monoisotopic (exact) mass is 197 g/mol. The Bertz CT molecular complexity index is 330. The third-order valence-electron chi connectivity index (χ3n) is 1.24. The van der Waals surface area contributed by atoms with Crippen LogP contribution in [-0.4, -0.2) is 0 Å². The average Bonchev–Trinajstić information content (AvgIpc) is 1.99. The predicted octanol–water partition coefficient (Wildman–Crippen LogP) is 3.53. The molecule has 0 heterocycles. The smallest absolute Gasteiger partial charge is 0.0912 e. The second-order valence-electron chi connectivity index (χ2n) is 2.17. The van der Waals surface area contributed by atoms with Crippen LogP contribution in [0.2, 0.25) is 10.0 Å². The summed E-state index contributed by atoms with van der Waals surface area (Å²) in [7, 11) is 0. The van der Waals surface area contributed by atoms with E-state index in [2.05, 4.69) is 0 Å². The summed E-state index contributed by atoms with van der Waals surface area (Å²) in [5, 5.41) is 9.40. The van der Waals surface area contributed by atoms with E-state index in [1.165, 1.54) is 6.08 Å². The van der Waals surface area contributed by atoms with Crippen molar-refractivity contribution in [2.45, 2.75) is 0 Å². The van der Waals surface area contributed by atoms with Crippen LogP contribution in [0.1, 0.15) is 5.56 Å². The Balaban J connectivity index is 3.03. The Morgan fingerprint density at radius 3 is 2.25 bits per heavy atom. The van der Waals surface area contributed by atoms with E-state index in [0.29, 0.717) is 10.0 Å². The van der Waals surface area contributed by atoms with E-state index in [9.17, 15) is 0 Å². The number of allylic oxidation sites excluding steroid dienone is 1. The lowest BCUT2D eigenvalue weighted by atomic mass is 10.2. The van der Waals surface area contributed by atoms with E-state index in [0.717, 1.165) is 5.56 Å². The highest BCUT2D eigenvalue weighted by Gasteiger charge is 1.93. The van der Waals surface area contributed by atoms with Gasteiger partial charge in [0.15, 0.2) is 0 Å². The lowest BCUT2D eigenvalue weighted by molar-refractivity contribution is 1.54. The van der Waals surface area contributed by atoms with Gasteiger partial charge in [0.2, 0.25) is 0 Å². The third-order valence-corrected chi connectivity index (χ3v) is 1.67. The number of halogens is 2. The Kier molecular flexibility index (Phi) is 3.16. The standard InChI is InChI=1S/C9H5Cl2N/c10-8-4-7(2-1-3-12)5-9(11)6-8/h1-2,4-6H/b2-1-. The molecular formula is C9H5Cl2N. The number of benzene rings is 1. The number of rotatable bonds is 1. The molecule has 60 valence electrons. The lowest BCUT2D eigenvalue weighted by Crippen LogP contribution is -1.72. The second-order valence-corrected chi connectivity index (χ2v) is 3.04. The molecule has 0 atom stereocenters. The lowest BCUT2D eigenvalue weighted by Gasteiger charge is -1.95. The first kappa shape index (κ1) is 9.12. The highest BCUT2D eigenvalue weighted by atomic mass is 35.5. The van der Waals surface area contributed by atoms with Crippen molar-refractivity contribution in [2.24, 2.45) is 0 Å². The highest BCUT2D eigenvalue weighted by Crippen LogP contribution is 2.19. The van der Waals surface area contributed by atoms with Crippen LogP contribution in [0.4, 0.5) is 0 Å². The normalized spacial score (nSPS) is 10.1. The Hall–Kier alpha value is -0.970. The fourth-order valence-corrected chi connectivity index (χ4v) is 1.35. The molecule has 0 aliphatic rings. The quantitative estimate of drug-likeness (QED) is 0.633. The fourth-order valence-electron chi connectivity index (χ4n) is 0.805. The minimum atomic E-state index is 0.570. The van der Waals surface area contributed by atoms with E-state index >= 15 is 0 Å². The van der Waals surface area contributed by atoms with Crippen molar-refractivity contribution >= 4 is 29.3 Å². The van der Waals surface area contributed by atoms with Crippen LogP contribution >= 0.6 is 23.2 Å². The van der Waals surface area contributed by atoms with Crippen molar-refractivity contribution in [1.29, 1.82) is 5.26 Å². The van der Waals surface area contributed by atoms with Gasteiger partial charge in [-0.2, -0.15) is 5.26 Å². The molecule has 0 fully saturated rings. The molecule has 0 aromatic heterocycles. The van der Waals surface area contributed by atoms with Crippen molar-refractivity contribution in [3.05, 3.63) is 39.9 Å². The zero-order chi connectivity index (χ0) is 8.97. The van der Waals surface area contributed by atoms with Crippen molar-refractivity contribution in [2.75, 3.05) is 0 Å². The van der Waals surface area contributed by atoms with Crippen molar-refractivity contribution in [1.82, 2.24) is 0 Å². The molecule has 0 spiro atoms. The van der Waals surface area contributed by atoms with Gasteiger partial charge >= 0.3 is 0 Å². The molecule has 0 saturated heterocycles. The minimum absolute atomic E-state index is 0.570. The van der Waals surface area contributed by atoms with Crippen LogP contribution in [0.25, 0.3) is 6.08 Å². The maximum absolute atomic E-state index is 8.26. The van der Waals surface area contributed by atoms with Crippen LogP contribution in [0.3, 0.4) is 0 Å². The molecule has 0 amide bonds. The zero-order valence-corrected chi connectivity index (χ0v) is 7.60. The Morgan fingerprint density at radius 1 is 1.17 bits per heavy atom. The SMILES string of the molecule is N#C/C=C\c1cc(Cl)cc(Cl)c1. The van der Waals surface area contributed by atoms with Crippen LogP contribution in [0.15, 0.2) is 24.3 Å². The minimum Gasteiger partial charge on any atom is -0.193 e. The topological polar surface area (TPSA) is 23.8 Å². The van der Waals surface area contributed by atoms with E-state index in [4.69, 9.17) is 28.5 Å². The molecule has 12 heavy (non-hydrogen) atoms. The first-order valence-electron chi connectivity index (χ1n) is 3.24. The van der Waals surface area contributed by atoms with Gasteiger partial charge < -0.3 is 0 Å². The molecule has 0 saturated carbocycles. The molecule has 0 aliphatic heterocycles. The number of nitriles is 1. The number of nitrogens with zero attached hydrogens (tertiary/aromatic N) is 1. The van der Waals surface area contributed by atoms with E-state index in [1.807, 2.05) is 6.07 Å². The third kappa shape index (κ3) is 2.58. The van der Waals surface area contributed by atoms with Crippen molar-refractivity contribution in [3.8, 4) is 6.07 Å². The van der Waals surface area contributed by atoms with Crippen molar-refractivity contribution in [3.63, 3.8) is 0 Å². The van der Waals surface area contributed by atoms with E-state index in [1.54, 1.807) is 24.3 Å². The van der Waals surface area contributed by atoms with Crippen LogP contribution in [0, 0.1) is 11.3 Å². The van der Waals surface area contributed by atoms with E-state index in [-0.39, 0.29) is 0 Å². The molecule has 3 heteroatoms. The Labute approximate surface area is 80.8 Å². The van der Waals surface area contributed by atoms with Gasteiger partial charge in [-0.15, -0.1) is 0 Å². The molecule has 1 aromatic carbocycles. The highest BCUT2D eigenvalue weighted by molar-refractivity contribution is 6.34. The molecule has 0 radical (unpaired) electrons. The summed E-state index contributed by atoms with van der Waals surface area (Å²) in [5.41, 5.74) is 0.828. The van der Waals surface area contributed by atoms with Gasteiger partial charge in [-0.25, -0.2) is 0 Å². The molecule has 0 unspecified atom stereocenters. The van der Waals surface area contributed by atoms with E-state index < -0.39 is 0 Å². The molecule has 0 N–H and O–H groups in total. The van der Waals surface area contributed by atoms with Gasteiger partial charge in [-0.3, -0.25) is 0 Å². The Morgan fingerprint density at radius 2 is 1.75 bits per heavy atom. The first-order valence-corrected chi connectivity index (χ1v) is 4.00. The number of hydrogen-bond acceptors (Lipinski definition) is 1. The van der Waals surface area contributed by atoms with Gasteiger partial charge in [0.05, 0.1) is 6.07 Å². The summed E-state index contributed by atoms with van der Waals surface area (Å²) in [6.45, 7) is 0. The summed E-state index contributed by atoms with van der Waals surface area (Å²) in [6.07, 6.45) is 3.03. The predicted molar refractivity (Wildman–Crippen MR) is 51.1 cm³/mol. The van der Waals surface area contributed by atoms with Gasteiger partial charge in [0.25, 0.3) is 0 Å². The molecule has 0 bridgehead atoms. The molecular weight excluding hydrogens is 193 g/mol. The number of hydrogen-bond donors (Lipinski definition) is 0. The second kappa shape index (κ2) is 4.15. The molecule has 1 aromatic rings. The summed E-state index contributed by atoms with van der Waals surface area (Å²) < 4.78 is 0.